The first kappa shape index (κ1) is 11.9. The molecule has 1 atom stereocenters. The molecule has 90 valence electrons. The minimum absolute atomic E-state index is 0.104. The van der Waals surface area contributed by atoms with E-state index in [1.165, 1.54) is 4.90 Å². The van der Waals surface area contributed by atoms with Crippen LogP contribution < -0.4 is 0 Å². The summed E-state index contributed by atoms with van der Waals surface area (Å²) in [5.41, 5.74) is 0.885. The van der Waals surface area contributed by atoms with Gasteiger partial charge < -0.3 is 10.0 Å². The van der Waals surface area contributed by atoms with E-state index in [2.05, 4.69) is 0 Å². The Morgan fingerprint density at radius 1 is 1.41 bits per heavy atom. The SMILES string of the molecule is O=C(O)[C@@H]1CCC(=O)N1Cc1ccc(Cl)cc1. The number of hydrogen-bond donors (Lipinski definition) is 1. The third-order valence-electron chi connectivity index (χ3n) is 2.88. The first-order chi connectivity index (χ1) is 8.08. The van der Waals surface area contributed by atoms with Crippen molar-refractivity contribution in [1.82, 2.24) is 4.90 Å². The molecule has 4 nitrogen and oxygen atoms in total. The average molecular weight is 254 g/mol. The Morgan fingerprint density at radius 2 is 2.06 bits per heavy atom. The molecule has 0 spiro atoms. The van der Waals surface area contributed by atoms with Crippen LogP contribution in [0.4, 0.5) is 0 Å². The molecule has 1 aromatic rings. The molecular formula is C12H12ClNO3. The predicted octanol–water partition coefficient (Wildman–Crippen LogP) is 1.92. The second-order valence-corrected chi connectivity index (χ2v) is 4.48. The molecule has 0 unspecified atom stereocenters. The van der Waals surface area contributed by atoms with Gasteiger partial charge in [-0.2, -0.15) is 0 Å². The fourth-order valence-electron chi connectivity index (χ4n) is 1.98. The van der Waals surface area contributed by atoms with E-state index in [1.54, 1.807) is 24.3 Å². The molecule has 0 aliphatic carbocycles. The number of amides is 1. The van der Waals surface area contributed by atoms with Crippen LogP contribution >= 0.6 is 11.6 Å². The number of rotatable bonds is 3. The van der Waals surface area contributed by atoms with Crippen molar-refractivity contribution in [2.24, 2.45) is 0 Å². The lowest BCUT2D eigenvalue weighted by atomic mass is 10.2. The number of benzene rings is 1. The van der Waals surface area contributed by atoms with E-state index in [1.807, 2.05) is 0 Å². The van der Waals surface area contributed by atoms with Crippen LogP contribution in [-0.2, 0) is 16.1 Å². The molecule has 5 heteroatoms. The maximum Gasteiger partial charge on any atom is 0.326 e. The van der Waals surface area contributed by atoms with Gasteiger partial charge in [-0.15, -0.1) is 0 Å². The molecule has 0 saturated carbocycles. The van der Waals surface area contributed by atoms with E-state index in [0.29, 0.717) is 24.4 Å². The van der Waals surface area contributed by atoms with E-state index in [-0.39, 0.29) is 5.91 Å². The molecule has 1 saturated heterocycles. The zero-order valence-electron chi connectivity index (χ0n) is 9.10. The number of carbonyl (C=O) groups is 2. The summed E-state index contributed by atoms with van der Waals surface area (Å²) >= 11 is 5.76. The van der Waals surface area contributed by atoms with Crippen molar-refractivity contribution in [3.05, 3.63) is 34.9 Å². The van der Waals surface area contributed by atoms with E-state index in [9.17, 15) is 9.59 Å². The molecule has 1 aliphatic rings. The van der Waals surface area contributed by atoms with E-state index in [0.717, 1.165) is 5.56 Å². The zero-order chi connectivity index (χ0) is 12.4. The van der Waals surface area contributed by atoms with Gasteiger partial charge in [0.25, 0.3) is 0 Å². The molecule has 1 fully saturated rings. The summed E-state index contributed by atoms with van der Waals surface area (Å²) in [6.45, 7) is 0.326. The summed E-state index contributed by atoms with van der Waals surface area (Å²) in [6.07, 6.45) is 0.701. The Balaban J connectivity index is 2.13. The number of carboxylic acids is 1. The highest BCUT2D eigenvalue weighted by molar-refractivity contribution is 6.30. The highest BCUT2D eigenvalue weighted by atomic mass is 35.5. The number of halogens is 1. The molecule has 1 aliphatic heterocycles. The van der Waals surface area contributed by atoms with Gasteiger partial charge in [0.2, 0.25) is 5.91 Å². The van der Waals surface area contributed by atoms with Crippen molar-refractivity contribution in [3.63, 3.8) is 0 Å². The van der Waals surface area contributed by atoms with Gasteiger partial charge in [-0.1, -0.05) is 23.7 Å². The van der Waals surface area contributed by atoms with E-state index in [4.69, 9.17) is 16.7 Å². The summed E-state index contributed by atoms with van der Waals surface area (Å²) in [5.74, 6) is -1.04. The maximum atomic E-state index is 11.6. The summed E-state index contributed by atoms with van der Waals surface area (Å²) in [4.78, 5) is 24.0. The Morgan fingerprint density at radius 3 is 2.65 bits per heavy atom. The molecule has 1 amide bonds. The Bertz CT molecular complexity index is 444. The largest absolute Gasteiger partial charge is 0.480 e. The minimum atomic E-state index is -0.940. The van der Waals surface area contributed by atoms with Crippen LogP contribution in [0.25, 0.3) is 0 Å². The highest BCUT2D eigenvalue weighted by Gasteiger charge is 2.35. The second kappa shape index (κ2) is 4.75. The van der Waals surface area contributed by atoms with Crippen LogP contribution in [-0.4, -0.2) is 27.9 Å². The van der Waals surface area contributed by atoms with Crippen LogP contribution in [0.5, 0.6) is 0 Å². The summed E-state index contributed by atoms with van der Waals surface area (Å²) in [6, 6.07) is 6.36. The zero-order valence-corrected chi connectivity index (χ0v) is 9.85. The summed E-state index contributed by atoms with van der Waals surface area (Å²) in [5, 5.41) is 9.63. The van der Waals surface area contributed by atoms with Gasteiger partial charge in [-0.25, -0.2) is 4.79 Å². The Hall–Kier alpha value is -1.55. The normalized spacial score (nSPS) is 19.7. The van der Waals surface area contributed by atoms with Crippen LogP contribution in [0.3, 0.4) is 0 Å². The number of likely N-dealkylation sites (tertiary alicyclic amines) is 1. The topological polar surface area (TPSA) is 57.6 Å². The molecule has 17 heavy (non-hydrogen) atoms. The number of hydrogen-bond acceptors (Lipinski definition) is 2. The number of aliphatic carboxylic acids is 1. The molecular weight excluding hydrogens is 242 g/mol. The fourth-order valence-corrected chi connectivity index (χ4v) is 2.10. The van der Waals surface area contributed by atoms with E-state index < -0.39 is 12.0 Å². The lowest BCUT2D eigenvalue weighted by Gasteiger charge is -2.21. The van der Waals surface area contributed by atoms with Crippen LogP contribution in [0, 0.1) is 0 Å². The van der Waals surface area contributed by atoms with Gasteiger partial charge in [0.1, 0.15) is 6.04 Å². The lowest BCUT2D eigenvalue weighted by molar-refractivity contribution is -0.146. The van der Waals surface area contributed by atoms with Crippen LogP contribution in [0.15, 0.2) is 24.3 Å². The van der Waals surface area contributed by atoms with Crippen LogP contribution in [0.1, 0.15) is 18.4 Å². The summed E-state index contributed by atoms with van der Waals surface area (Å²) < 4.78 is 0. The van der Waals surface area contributed by atoms with Gasteiger partial charge in [-0.05, 0) is 24.1 Å². The second-order valence-electron chi connectivity index (χ2n) is 4.04. The molecule has 2 rings (SSSR count). The molecule has 1 heterocycles. The van der Waals surface area contributed by atoms with Crippen LogP contribution in [0.2, 0.25) is 5.02 Å². The first-order valence-corrected chi connectivity index (χ1v) is 5.72. The lowest BCUT2D eigenvalue weighted by Crippen LogP contribution is -2.37. The van der Waals surface area contributed by atoms with Crippen molar-refractivity contribution >= 4 is 23.5 Å². The highest BCUT2D eigenvalue weighted by Crippen LogP contribution is 2.22. The molecule has 1 aromatic carbocycles. The fraction of sp³-hybridized carbons (Fsp3) is 0.333. The van der Waals surface area contributed by atoms with Gasteiger partial charge in [0.15, 0.2) is 0 Å². The number of carboxylic acid groups (broad SMARTS) is 1. The smallest absolute Gasteiger partial charge is 0.326 e. The third-order valence-corrected chi connectivity index (χ3v) is 3.13. The van der Waals surface area contributed by atoms with Crippen molar-refractivity contribution in [3.8, 4) is 0 Å². The number of nitrogens with zero attached hydrogens (tertiary/aromatic N) is 1. The van der Waals surface area contributed by atoms with Gasteiger partial charge >= 0.3 is 5.97 Å². The van der Waals surface area contributed by atoms with Gasteiger partial charge in [0, 0.05) is 18.0 Å². The molecule has 0 radical (unpaired) electrons. The van der Waals surface area contributed by atoms with Crippen molar-refractivity contribution < 1.29 is 14.7 Å². The average Bonchev–Trinajstić information content (AvgIpc) is 2.64. The quantitative estimate of drug-likeness (QED) is 0.895. The molecule has 0 aromatic heterocycles. The van der Waals surface area contributed by atoms with Crippen molar-refractivity contribution in [2.75, 3.05) is 0 Å². The minimum Gasteiger partial charge on any atom is -0.480 e. The maximum absolute atomic E-state index is 11.6. The monoisotopic (exact) mass is 253 g/mol. The van der Waals surface area contributed by atoms with Gasteiger partial charge in [0.05, 0.1) is 0 Å². The van der Waals surface area contributed by atoms with Crippen molar-refractivity contribution in [1.29, 1.82) is 0 Å². The summed E-state index contributed by atoms with van der Waals surface area (Å²) in [7, 11) is 0. The third kappa shape index (κ3) is 2.58. The number of carbonyl (C=O) groups excluding carboxylic acids is 1. The molecule has 0 bridgehead atoms. The standard InChI is InChI=1S/C12H12ClNO3/c13-9-3-1-8(2-4-9)7-14-10(12(16)17)5-6-11(14)15/h1-4,10H,5-7H2,(H,16,17)/t10-/m0/s1. The Labute approximate surface area is 104 Å². The van der Waals surface area contributed by atoms with E-state index >= 15 is 0 Å². The van der Waals surface area contributed by atoms with Crippen molar-refractivity contribution in [2.45, 2.75) is 25.4 Å². The first-order valence-electron chi connectivity index (χ1n) is 5.34. The Kier molecular flexibility index (Phi) is 3.33. The van der Waals surface area contributed by atoms with Gasteiger partial charge in [-0.3, -0.25) is 4.79 Å². The molecule has 1 N–H and O–H groups in total. The predicted molar refractivity (Wildman–Crippen MR) is 62.7 cm³/mol.